The molecule has 9 heteroatoms. The van der Waals surface area contributed by atoms with E-state index in [9.17, 15) is 4.79 Å². The van der Waals surface area contributed by atoms with Gasteiger partial charge in [0.25, 0.3) is 0 Å². The largest absolute Gasteiger partial charge is 0.442 e. The van der Waals surface area contributed by atoms with Gasteiger partial charge in [-0.3, -0.25) is 4.79 Å². The van der Waals surface area contributed by atoms with Gasteiger partial charge in [0, 0.05) is 6.42 Å². The molecule has 0 N–H and O–H groups in total. The lowest BCUT2D eigenvalue weighted by molar-refractivity contribution is -0.157. The molecule has 1 aliphatic heterocycles. The normalized spacial score (nSPS) is 20.1. The maximum absolute atomic E-state index is 12.2. The van der Waals surface area contributed by atoms with Crippen LogP contribution in [0.25, 0.3) is 0 Å². The van der Waals surface area contributed by atoms with Crippen molar-refractivity contribution in [3.8, 4) is 0 Å². The Kier molecular flexibility index (Phi) is 10.9. The highest BCUT2D eigenvalue weighted by atomic mass is 16.6. The lowest BCUT2D eigenvalue weighted by Gasteiger charge is -2.25. The van der Waals surface area contributed by atoms with E-state index in [-0.39, 0.29) is 31.0 Å². The van der Waals surface area contributed by atoms with Gasteiger partial charge in [-0.1, -0.05) is 96.2 Å². The lowest BCUT2D eigenvalue weighted by atomic mass is 9.98. The van der Waals surface area contributed by atoms with Gasteiger partial charge in [0.05, 0.1) is 49.8 Å². The summed E-state index contributed by atoms with van der Waals surface area (Å²) in [6, 6.07) is 30.2. The van der Waals surface area contributed by atoms with Crippen LogP contribution in [0.3, 0.4) is 0 Å². The number of ether oxygens (including phenoxy) is 5. The molecule has 232 valence electrons. The predicted octanol–water partition coefficient (Wildman–Crippen LogP) is 5.52. The van der Waals surface area contributed by atoms with Crippen LogP contribution in [0.4, 0.5) is 0 Å². The summed E-state index contributed by atoms with van der Waals surface area (Å²) in [6.07, 6.45) is 0.693. The van der Waals surface area contributed by atoms with Gasteiger partial charge >= 0.3 is 5.97 Å². The molecule has 0 aliphatic carbocycles. The van der Waals surface area contributed by atoms with Crippen LogP contribution >= 0.6 is 0 Å². The summed E-state index contributed by atoms with van der Waals surface area (Å²) < 4.78 is 32.8. The number of esters is 1. The summed E-state index contributed by atoms with van der Waals surface area (Å²) in [5, 5.41) is 8.50. The minimum atomic E-state index is -0.600. The monoisotopic (exact) mass is 599 g/mol. The van der Waals surface area contributed by atoms with Gasteiger partial charge in [0.15, 0.2) is 6.73 Å². The van der Waals surface area contributed by atoms with Gasteiger partial charge in [0.2, 0.25) is 0 Å². The molecule has 1 aliphatic rings. The van der Waals surface area contributed by atoms with E-state index in [2.05, 4.69) is 10.3 Å². The van der Waals surface area contributed by atoms with Crippen molar-refractivity contribution in [3.05, 3.63) is 120 Å². The van der Waals surface area contributed by atoms with Crippen molar-refractivity contribution >= 4 is 5.97 Å². The van der Waals surface area contributed by atoms with E-state index in [4.69, 9.17) is 23.7 Å². The Labute approximate surface area is 259 Å². The molecule has 0 saturated carbocycles. The van der Waals surface area contributed by atoms with Crippen molar-refractivity contribution in [1.29, 1.82) is 0 Å². The van der Waals surface area contributed by atoms with Crippen molar-refractivity contribution in [1.82, 2.24) is 15.0 Å². The summed E-state index contributed by atoms with van der Waals surface area (Å²) in [5.41, 5.74) is 3.31. The first kappa shape index (κ1) is 31.5. The molecule has 9 nitrogen and oxygen atoms in total. The Balaban J connectivity index is 1.32. The smallest absolute Gasteiger partial charge is 0.313 e. The third-order valence-electron chi connectivity index (χ3n) is 7.31. The van der Waals surface area contributed by atoms with Crippen LogP contribution in [0.5, 0.6) is 0 Å². The number of hydrogen-bond acceptors (Lipinski definition) is 8. The van der Waals surface area contributed by atoms with Crippen molar-refractivity contribution in [3.63, 3.8) is 0 Å². The molecular weight excluding hydrogens is 558 g/mol. The molecular formula is C35H41N3O6. The highest BCUT2D eigenvalue weighted by Crippen LogP contribution is 2.31. The van der Waals surface area contributed by atoms with E-state index in [0.29, 0.717) is 38.5 Å². The van der Waals surface area contributed by atoms with Gasteiger partial charge in [-0.15, -0.1) is 5.10 Å². The molecule has 0 radical (unpaired) electrons. The highest BCUT2D eigenvalue weighted by molar-refractivity contribution is 5.75. The van der Waals surface area contributed by atoms with E-state index >= 15 is 0 Å². The molecule has 3 aromatic carbocycles. The summed E-state index contributed by atoms with van der Waals surface area (Å²) in [4.78, 5) is 12.2. The molecule has 0 amide bonds. The van der Waals surface area contributed by atoms with Crippen LogP contribution in [0.2, 0.25) is 0 Å². The van der Waals surface area contributed by atoms with Gasteiger partial charge in [-0.2, -0.15) is 0 Å². The Hall–Kier alpha value is -3.89. The second kappa shape index (κ2) is 15.2. The first-order valence-electron chi connectivity index (χ1n) is 15.0. The summed E-state index contributed by atoms with van der Waals surface area (Å²) in [7, 11) is 0. The van der Waals surface area contributed by atoms with Crippen LogP contribution in [0.1, 0.15) is 43.2 Å². The molecule has 1 saturated heterocycles. The second-order valence-electron chi connectivity index (χ2n) is 12.0. The first-order chi connectivity index (χ1) is 21.3. The van der Waals surface area contributed by atoms with E-state index in [1.54, 1.807) is 6.20 Å². The number of rotatable bonds is 14. The Morgan fingerprint density at radius 3 is 1.84 bits per heavy atom. The summed E-state index contributed by atoms with van der Waals surface area (Å²) in [5.74, 6) is -0.306. The topological polar surface area (TPSA) is 93.9 Å². The van der Waals surface area contributed by atoms with Gasteiger partial charge in [-0.05, 0) is 37.5 Å². The number of aromatic nitrogens is 3. The van der Waals surface area contributed by atoms with Crippen molar-refractivity contribution in [2.75, 3.05) is 6.61 Å². The minimum Gasteiger partial charge on any atom is -0.442 e. The van der Waals surface area contributed by atoms with Gasteiger partial charge in [-0.25, -0.2) is 4.68 Å². The van der Waals surface area contributed by atoms with E-state index in [1.807, 2.05) is 112 Å². The molecule has 0 bridgehead atoms. The van der Waals surface area contributed by atoms with Crippen LogP contribution in [-0.4, -0.2) is 52.0 Å². The number of hydrogen-bond donors (Lipinski definition) is 0. The Morgan fingerprint density at radius 2 is 1.30 bits per heavy atom. The van der Waals surface area contributed by atoms with Crippen LogP contribution in [0, 0.1) is 5.41 Å². The Bertz CT molecular complexity index is 1430. The maximum atomic E-state index is 12.2. The average Bonchev–Trinajstić information content (AvgIpc) is 3.62. The molecule has 4 aromatic rings. The van der Waals surface area contributed by atoms with E-state index in [0.717, 1.165) is 16.7 Å². The molecule has 44 heavy (non-hydrogen) atoms. The molecule has 5 rings (SSSR count). The predicted molar refractivity (Wildman–Crippen MR) is 164 cm³/mol. The number of benzene rings is 3. The van der Waals surface area contributed by atoms with E-state index in [1.165, 1.54) is 4.68 Å². The fraction of sp³-hybridized carbons (Fsp3) is 0.400. The average molecular weight is 600 g/mol. The fourth-order valence-corrected chi connectivity index (χ4v) is 4.95. The summed E-state index contributed by atoms with van der Waals surface area (Å²) >= 11 is 0. The zero-order valence-electron chi connectivity index (χ0n) is 25.6. The van der Waals surface area contributed by atoms with Crippen molar-refractivity contribution < 1.29 is 28.5 Å². The maximum Gasteiger partial charge on any atom is 0.313 e. The number of nitrogens with zero attached hydrogens (tertiary/aromatic N) is 3. The molecule has 1 aromatic heterocycles. The van der Waals surface area contributed by atoms with Gasteiger partial charge < -0.3 is 23.7 Å². The molecule has 0 unspecified atom stereocenters. The van der Waals surface area contributed by atoms with Gasteiger partial charge in [0.1, 0.15) is 18.3 Å². The Morgan fingerprint density at radius 1 is 0.773 bits per heavy atom. The van der Waals surface area contributed by atoms with E-state index < -0.39 is 11.5 Å². The lowest BCUT2D eigenvalue weighted by Crippen LogP contribution is -2.39. The molecule has 4 atom stereocenters. The van der Waals surface area contributed by atoms with Crippen LogP contribution < -0.4 is 0 Å². The number of carbonyl (C=O) groups excluding carboxylic acids is 1. The minimum absolute atomic E-state index is 0.0126. The van der Waals surface area contributed by atoms with Crippen LogP contribution in [-0.2, 0) is 61.5 Å². The van der Waals surface area contributed by atoms with Crippen LogP contribution in [0.15, 0.2) is 97.2 Å². The SMILES string of the molecule is CC(C)(C)C(=O)OCn1cc(C[C@@H]2O[C@H](COCc3ccccc3)[C@@H](OCc3ccccc3)[C@H]2OCc2ccccc2)nn1. The fourth-order valence-electron chi connectivity index (χ4n) is 4.95. The second-order valence-corrected chi connectivity index (χ2v) is 12.0. The zero-order chi connectivity index (χ0) is 30.8. The standard InChI is InChI=1S/C35H41N3O6/c1-35(2,3)34(39)43-25-38-20-29(36-37-38)19-30-32(41-22-27-15-9-5-10-16-27)33(42-23-28-17-11-6-12-18-28)31(44-30)24-40-21-26-13-7-4-8-14-26/h4-18,20,30-33H,19,21-25H2,1-3H3/t30-,31+,32-,33+/m0/s1. The molecule has 2 heterocycles. The molecule has 1 fully saturated rings. The number of carbonyl (C=O) groups is 1. The molecule has 0 spiro atoms. The third-order valence-corrected chi connectivity index (χ3v) is 7.31. The van der Waals surface area contributed by atoms with Crippen molar-refractivity contribution in [2.45, 2.75) is 78.2 Å². The summed E-state index contributed by atoms with van der Waals surface area (Å²) in [6.45, 7) is 7.05. The third kappa shape index (κ3) is 9.06. The highest BCUT2D eigenvalue weighted by Gasteiger charge is 2.46. The van der Waals surface area contributed by atoms with Crippen molar-refractivity contribution in [2.24, 2.45) is 5.41 Å². The first-order valence-corrected chi connectivity index (χ1v) is 15.0. The zero-order valence-corrected chi connectivity index (χ0v) is 25.6. The quantitative estimate of drug-likeness (QED) is 0.175.